The van der Waals surface area contributed by atoms with Gasteiger partial charge in [0.2, 0.25) is 5.88 Å². The van der Waals surface area contributed by atoms with E-state index in [1.807, 2.05) is 19.2 Å². The van der Waals surface area contributed by atoms with Gasteiger partial charge in [-0.25, -0.2) is 4.98 Å². The molecule has 0 radical (unpaired) electrons. The monoisotopic (exact) mass is 236 g/mol. The topological polar surface area (TPSA) is 34.2 Å². The van der Waals surface area contributed by atoms with Crippen LogP contribution >= 0.6 is 0 Å². The van der Waals surface area contributed by atoms with E-state index in [1.165, 1.54) is 12.0 Å². The van der Waals surface area contributed by atoms with Crippen molar-refractivity contribution < 1.29 is 4.74 Å². The highest BCUT2D eigenvalue weighted by Crippen LogP contribution is 2.16. The molecule has 0 aromatic carbocycles. The highest BCUT2D eigenvalue weighted by molar-refractivity contribution is 5.23. The number of aromatic nitrogens is 1. The first-order valence-corrected chi connectivity index (χ1v) is 6.39. The number of hydrogen-bond donors (Lipinski definition) is 1. The van der Waals surface area contributed by atoms with Crippen LogP contribution < -0.4 is 10.1 Å². The first-order chi connectivity index (χ1) is 8.13. The van der Waals surface area contributed by atoms with Gasteiger partial charge in [0.25, 0.3) is 0 Å². The van der Waals surface area contributed by atoms with E-state index in [0.717, 1.165) is 24.8 Å². The Balaban J connectivity index is 2.43. The van der Waals surface area contributed by atoms with Gasteiger partial charge < -0.3 is 10.1 Å². The number of nitrogens with one attached hydrogen (secondary N) is 1. The standard InChI is InChI=1S/C14H24N2O/c1-11(2)6-5-9-17-14-10-13(7-8-16-14)12(3)15-4/h7-8,10-12,15H,5-6,9H2,1-4H3. The van der Waals surface area contributed by atoms with Crippen LogP contribution in [0.2, 0.25) is 0 Å². The van der Waals surface area contributed by atoms with E-state index in [9.17, 15) is 0 Å². The van der Waals surface area contributed by atoms with Gasteiger partial charge in [-0.2, -0.15) is 0 Å². The molecule has 0 aliphatic rings. The third-order valence-electron chi connectivity index (χ3n) is 2.87. The minimum atomic E-state index is 0.330. The lowest BCUT2D eigenvalue weighted by Gasteiger charge is -2.12. The number of pyridine rings is 1. The zero-order chi connectivity index (χ0) is 12.7. The summed E-state index contributed by atoms with van der Waals surface area (Å²) >= 11 is 0. The molecule has 3 heteroatoms. The molecule has 1 heterocycles. The summed E-state index contributed by atoms with van der Waals surface area (Å²) in [5.74, 6) is 1.47. The van der Waals surface area contributed by atoms with Gasteiger partial charge >= 0.3 is 0 Å². The third-order valence-corrected chi connectivity index (χ3v) is 2.87. The summed E-state index contributed by atoms with van der Waals surface area (Å²) in [5, 5.41) is 3.21. The molecular weight excluding hydrogens is 212 g/mol. The van der Waals surface area contributed by atoms with Gasteiger partial charge in [-0.1, -0.05) is 13.8 Å². The Bertz CT molecular complexity index is 326. The molecule has 1 rings (SSSR count). The van der Waals surface area contributed by atoms with Gasteiger partial charge in [0.15, 0.2) is 0 Å². The fourth-order valence-corrected chi connectivity index (χ4v) is 1.61. The molecule has 3 nitrogen and oxygen atoms in total. The molecule has 1 N–H and O–H groups in total. The van der Waals surface area contributed by atoms with Crippen molar-refractivity contribution in [3.8, 4) is 5.88 Å². The molecule has 0 saturated carbocycles. The number of ether oxygens (including phenoxy) is 1. The Kier molecular flexibility index (Phi) is 5.98. The van der Waals surface area contributed by atoms with Crippen LogP contribution in [0.5, 0.6) is 5.88 Å². The van der Waals surface area contributed by atoms with Gasteiger partial charge in [-0.3, -0.25) is 0 Å². The summed E-state index contributed by atoms with van der Waals surface area (Å²) < 4.78 is 5.65. The molecule has 0 aliphatic carbocycles. The lowest BCUT2D eigenvalue weighted by molar-refractivity contribution is 0.286. The normalized spacial score (nSPS) is 12.8. The second-order valence-corrected chi connectivity index (χ2v) is 4.82. The van der Waals surface area contributed by atoms with E-state index in [4.69, 9.17) is 4.74 Å². The van der Waals surface area contributed by atoms with Crippen molar-refractivity contribution in [1.82, 2.24) is 10.3 Å². The average molecular weight is 236 g/mol. The zero-order valence-electron chi connectivity index (χ0n) is 11.4. The molecule has 0 bridgehead atoms. The minimum absolute atomic E-state index is 0.330. The highest BCUT2D eigenvalue weighted by atomic mass is 16.5. The summed E-state index contributed by atoms with van der Waals surface area (Å²) in [7, 11) is 1.95. The van der Waals surface area contributed by atoms with Crippen LogP contribution in [0, 0.1) is 5.92 Å². The van der Waals surface area contributed by atoms with E-state index in [-0.39, 0.29) is 0 Å². The predicted octanol–water partition coefficient (Wildman–Crippen LogP) is 3.18. The maximum atomic E-state index is 5.65. The molecule has 0 saturated heterocycles. The molecular formula is C14H24N2O. The Morgan fingerprint density at radius 1 is 1.35 bits per heavy atom. The van der Waals surface area contributed by atoms with Crippen LogP contribution in [-0.4, -0.2) is 18.6 Å². The Hall–Kier alpha value is -1.09. The zero-order valence-corrected chi connectivity index (χ0v) is 11.4. The van der Waals surface area contributed by atoms with Gasteiger partial charge in [0, 0.05) is 18.3 Å². The second-order valence-electron chi connectivity index (χ2n) is 4.82. The Morgan fingerprint density at radius 2 is 2.12 bits per heavy atom. The van der Waals surface area contributed by atoms with Gasteiger partial charge in [0.05, 0.1) is 6.61 Å². The predicted molar refractivity (Wildman–Crippen MR) is 71.3 cm³/mol. The summed E-state index contributed by atoms with van der Waals surface area (Å²) in [6.07, 6.45) is 4.10. The lowest BCUT2D eigenvalue weighted by atomic mass is 10.1. The largest absolute Gasteiger partial charge is 0.478 e. The average Bonchev–Trinajstić information content (AvgIpc) is 2.34. The van der Waals surface area contributed by atoms with Gasteiger partial charge in [0.1, 0.15) is 0 Å². The maximum absolute atomic E-state index is 5.65. The third kappa shape index (κ3) is 5.18. The van der Waals surface area contributed by atoms with Crippen LogP contribution in [0.1, 0.15) is 45.2 Å². The van der Waals surface area contributed by atoms with Crippen LogP contribution in [0.25, 0.3) is 0 Å². The van der Waals surface area contributed by atoms with Crippen LogP contribution in [0.3, 0.4) is 0 Å². The van der Waals surface area contributed by atoms with Crippen molar-refractivity contribution in [3.63, 3.8) is 0 Å². The summed E-state index contributed by atoms with van der Waals surface area (Å²) in [5.41, 5.74) is 1.21. The van der Waals surface area contributed by atoms with E-state index in [2.05, 4.69) is 31.1 Å². The first kappa shape index (κ1) is 14.0. The molecule has 1 aromatic rings. The molecule has 1 unspecified atom stereocenters. The number of hydrogen-bond acceptors (Lipinski definition) is 3. The molecule has 96 valence electrons. The first-order valence-electron chi connectivity index (χ1n) is 6.39. The number of rotatable bonds is 7. The molecule has 1 aromatic heterocycles. The van der Waals surface area contributed by atoms with Crippen molar-refractivity contribution in [2.75, 3.05) is 13.7 Å². The SMILES string of the molecule is CNC(C)c1ccnc(OCCCC(C)C)c1. The van der Waals surface area contributed by atoms with Crippen molar-refractivity contribution in [3.05, 3.63) is 23.9 Å². The molecule has 0 fully saturated rings. The summed E-state index contributed by atoms with van der Waals surface area (Å²) in [6, 6.07) is 4.36. The van der Waals surface area contributed by atoms with Crippen molar-refractivity contribution >= 4 is 0 Å². The van der Waals surface area contributed by atoms with Crippen molar-refractivity contribution in [2.45, 2.75) is 39.7 Å². The molecule has 0 spiro atoms. The van der Waals surface area contributed by atoms with E-state index < -0.39 is 0 Å². The van der Waals surface area contributed by atoms with Crippen LogP contribution in [0.4, 0.5) is 0 Å². The lowest BCUT2D eigenvalue weighted by Crippen LogP contribution is -2.12. The van der Waals surface area contributed by atoms with Crippen molar-refractivity contribution in [2.24, 2.45) is 5.92 Å². The smallest absolute Gasteiger partial charge is 0.213 e. The number of nitrogens with zero attached hydrogens (tertiary/aromatic N) is 1. The Morgan fingerprint density at radius 3 is 2.76 bits per heavy atom. The van der Waals surface area contributed by atoms with Crippen molar-refractivity contribution in [1.29, 1.82) is 0 Å². The quantitative estimate of drug-likeness (QED) is 0.738. The maximum Gasteiger partial charge on any atom is 0.213 e. The fraction of sp³-hybridized carbons (Fsp3) is 0.643. The van der Waals surface area contributed by atoms with E-state index in [1.54, 1.807) is 6.20 Å². The molecule has 1 atom stereocenters. The Labute approximate surface area is 105 Å². The molecule has 0 amide bonds. The molecule has 17 heavy (non-hydrogen) atoms. The minimum Gasteiger partial charge on any atom is -0.478 e. The summed E-state index contributed by atoms with van der Waals surface area (Å²) in [6.45, 7) is 7.33. The second kappa shape index (κ2) is 7.28. The van der Waals surface area contributed by atoms with E-state index in [0.29, 0.717) is 6.04 Å². The van der Waals surface area contributed by atoms with Gasteiger partial charge in [-0.15, -0.1) is 0 Å². The fourth-order valence-electron chi connectivity index (χ4n) is 1.61. The van der Waals surface area contributed by atoms with Gasteiger partial charge in [-0.05, 0) is 44.4 Å². The highest BCUT2D eigenvalue weighted by Gasteiger charge is 2.04. The summed E-state index contributed by atoms with van der Waals surface area (Å²) in [4.78, 5) is 4.22. The van der Waals surface area contributed by atoms with E-state index >= 15 is 0 Å². The molecule has 0 aliphatic heterocycles. The van der Waals surface area contributed by atoms with Crippen LogP contribution in [-0.2, 0) is 0 Å². The van der Waals surface area contributed by atoms with Crippen LogP contribution in [0.15, 0.2) is 18.3 Å².